The molecule has 104 valence electrons. The Hall–Kier alpha value is -2.69. The van der Waals surface area contributed by atoms with E-state index in [1.807, 2.05) is 30.3 Å². The molecule has 5 nitrogen and oxygen atoms in total. The highest BCUT2D eigenvalue weighted by Gasteiger charge is 2.10. The van der Waals surface area contributed by atoms with E-state index in [1.54, 1.807) is 0 Å². The Kier molecular flexibility index (Phi) is 4.44. The summed E-state index contributed by atoms with van der Waals surface area (Å²) in [5, 5.41) is 12.3. The summed E-state index contributed by atoms with van der Waals surface area (Å²) in [7, 11) is 0. The van der Waals surface area contributed by atoms with Crippen molar-refractivity contribution in [2.45, 2.75) is 0 Å². The molecular formula is C15H16N2O3. The number of hydrogen-bond acceptors (Lipinski definition) is 4. The molecule has 0 atom stereocenters. The SMILES string of the molecule is Nc1ccc(O)c(C(=O)NCCOc2ccccc2)c1. The number of ether oxygens (including phenoxy) is 1. The fourth-order valence-corrected chi connectivity index (χ4v) is 1.68. The molecule has 0 saturated heterocycles. The monoisotopic (exact) mass is 272 g/mol. The zero-order valence-corrected chi connectivity index (χ0v) is 10.9. The number of anilines is 1. The predicted molar refractivity (Wildman–Crippen MR) is 76.8 cm³/mol. The molecular weight excluding hydrogens is 256 g/mol. The second-order valence-electron chi connectivity index (χ2n) is 4.19. The number of carbonyl (C=O) groups is 1. The topological polar surface area (TPSA) is 84.6 Å². The van der Waals surface area contributed by atoms with Gasteiger partial charge >= 0.3 is 0 Å². The van der Waals surface area contributed by atoms with Crippen LogP contribution >= 0.6 is 0 Å². The molecule has 0 heterocycles. The van der Waals surface area contributed by atoms with Gasteiger partial charge in [0.05, 0.1) is 12.1 Å². The number of rotatable bonds is 5. The van der Waals surface area contributed by atoms with Crippen LogP contribution in [0.5, 0.6) is 11.5 Å². The summed E-state index contributed by atoms with van der Waals surface area (Å²) in [4.78, 5) is 11.8. The van der Waals surface area contributed by atoms with Crippen LogP contribution in [0.4, 0.5) is 5.69 Å². The van der Waals surface area contributed by atoms with E-state index in [4.69, 9.17) is 10.5 Å². The van der Waals surface area contributed by atoms with Crippen LogP contribution in [0, 0.1) is 0 Å². The lowest BCUT2D eigenvalue weighted by Crippen LogP contribution is -2.28. The highest BCUT2D eigenvalue weighted by molar-refractivity contribution is 5.97. The number of phenolic OH excluding ortho intramolecular Hbond substituents is 1. The van der Waals surface area contributed by atoms with Crippen molar-refractivity contribution in [3.05, 3.63) is 54.1 Å². The lowest BCUT2D eigenvalue weighted by atomic mass is 10.1. The fraction of sp³-hybridized carbons (Fsp3) is 0.133. The Labute approximate surface area is 117 Å². The molecule has 20 heavy (non-hydrogen) atoms. The van der Waals surface area contributed by atoms with E-state index in [0.717, 1.165) is 5.75 Å². The average molecular weight is 272 g/mol. The van der Waals surface area contributed by atoms with E-state index in [9.17, 15) is 9.90 Å². The van der Waals surface area contributed by atoms with Gasteiger partial charge in [-0.05, 0) is 30.3 Å². The van der Waals surface area contributed by atoms with Crippen molar-refractivity contribution in [3.8, 4) is 11.5 Å². The highest BCUT2D eigenvalue weighted by Crippen LogP contribution is 2.19. The van der Waals surface area contributed by atoms with Crippen molar-refractivity contribution in [1.29, 1.82) is 0 Å². The molecule has 0 aliphatic heterocycles. The van der Waals surface area contributed by atoms with Gasteiger partial charge in [0.2, 0.25) is 0 Å². The summed E-state index contributed by atoms with van der Waals surface area (Å²) in [6, 6.07) is 13.7. The number of nitrogen functional groups attached to an aromatic ring is 1. The van der Waals surface area contributed by atoms with Crippen molar-refractivity contribution < 1.29 is 14.6 Å². The van der Waals surface area contributed by atoms with Crippen LogP contribution in [0.3, 0.4) is 0 Å². The molecule has 0 fully saturated rings. The van der Waals surface area contributed by atoms with E-state index in [1.165, 1.54) is 18.2 Å². The molecule has 4 N–H and O–H groups in total. The lowest BCUT2D eigenvalue weighted by molar-refractivity contribution is 0.0944. The quantitative estimate of drug-likeness (QED) is 0.440. The first-order valence-corrected chi connectivity index (χ1v) is 6.21. The van der Waals surface area contributed by atoms with Gasteiger partial charge in [-0.2, -0.15) is 0 Å². The minimum absolute atomic E-state index is 0.0966. The number of nitrogens with two attached hydrogens (primary N) is 1. The molecule has 1 amide bonds. The van der Waals surface area contributed by atoms with E-state index in [0.29, 0.717) is 18.8 Å². The van der Waals surface area contributed by atoms with Gasteiger partial charge in [-0.15, -0.1) is 0 Å². The number of aromatic hydroxyl groups is 1. The van der Waals surface area contributed by atoms with E-state index >= 15 is 0 Å². The molecule has 0 bridgehead atoms. The van der Waals surface area contributed by atoms with Crippen LogP contribution in [-0.2, 0) is 0 Å². The molecule has 0 spiro atoms. The first-order chi connectivity index (χ1) is 9.66. The van der Waals surface area contributed by atoms with Crippen molar-refractivity contribution in [1.82, 2.24) is 5.32 Å². The number of nitrogens with one attached hydrogen (secondary N) is 1. The Bertz CT molecular complexity index is 585. The van der Waals surface area contributed by atoms with Gasteiger partial charge < -0.3 is 20.9 Å². The smallest absolute Gasteiger partial charge is 0.255 e. The average Bonchev–Trinajstić information content (AvgIpc) is 2.47. The third-order valence-corrected chi connectivity index (χ3v) is 2.66. The second kappa shape index (κ2) is 6.47. The maximum Gasteiger partial charge on any atom is 0.255 e. The van der Waals surface area contributed by atoms with Crippen LogP contribution < -0.4 is 15.8 Å². The Morgan fingerprint density at radius 2 is 1.95 bits per heavy atom. The Balaban J connectivity index is 1.82. The maximum atomic E-state index is 11.8. The third kappa shape index (κ3) is 3.65. The number of para-hydroxylation sites is 1. The highest BCUT2D eigenvalue weighted by atomic mass is 16.5. The minimum Gasteiger partial charge on any atom is -0.507 e. The molecule has 2 aromatic rings. The van der Waals surface area contributed by atoms with Crippen LogP contribution in [0.1, 0.15) is 10.4 Å². The maximum absolute atomic E-state index is 11.8. The molecule has 0 aliphatic carbocycles. The lowest BCUT2D eigenvalue weighted by Gasteiger charge is -2.09. The van der Waals surface area contributed by atoms with Gasteiger partial charge in [-0.1, -0.05) is 18.2 Å². The first-order valence-electron chi connectivity index (χ1n) is 6.21. The van der Waals surface area contributed by atoms with Crippen LogP contribution in [0.25, 0.3) is 0 Å². The summed E-state index contributed by atoms with van der Waals surface area (Å²) in [6.07, 6.45) is 0. The molecule has 0 saturated carbocycles. The van der Waals surface area contributed by atoms with E-state index in [2.05, 4.69) is 5.32 Å². The normalized spacial score (nSPS) is 10.0. The Morgan fingerprint density at radius 1 is 1.20 bits per heavy atom. The number of phenols is 1. The van der Waals surface area contributed by atoms with Crippen LogP contribution in [-0.4, -0.2) is 24.2 Å². The molecule has 0 aliphatic rings. The van der Waals surface area contributed by atoms with Gasteiger partial charge in [0, 0.05) is 5.69 Å². The summed E-state index contributed by atoms with van der Waals surface area (Å²) in [5.74, 6) is 0.265. The zero-order valence-electron chi connectivity index (χ0n) is 10.9. The number of hydrogen-bond donors (Lipinski definition) is 3. The number of carbonyl (C=O) groups excluding carboxylic acids is 1. The molecule has 5 heteroatoms. The second-order valence-corrected chi connectivity index (χ2v) is 4.19. The standard InChI is InChI=1S/C15H16N2O3/c16-11-6-7-14(18)13(10-11)15(19)17-8-9-20-12-4-2-1-3-5-12/h1-7,10,18H,8-9,16H2,(H,17,19). The fourth-order valence-electron chi connectivity index (χ4n) is 1.68. The van der Waals surface area contributed by atoms with E-state index < -0.39 is 0 Å². The van der Waals surface area contributed by atoms with Gasteiger partial charge in [-0.3, -0.25) is 4.79 Å². The van der Waals surface area contributed by atoms with Crippen LogP contribution in [0.2, 0.25) is 0 Å². The molecule has 2 aromatic carbocycles. The van der Waals surface area contributed by atoms with Gasteiger partial charge in [0.1, 0.15) is 18.1 Å². The summed E-state index contributed by atoms with van der Waals surface area (Å²) in [6.45, 7) is 0.681. The minimum atomic E-state index is -0.383. The predicted octanol–water partition coefficient (Wildman–Crippen LogP) is 1.78. The first kappa shape index (κ1) is 13.7. The van der Waals surface area contributed by atoms with Gasteiger partial charge in [-0.25, -0.2) is 0 Å². The zero-order chi connectivity index (χ0) is 14.4. The number of benzene rings is 2. The van der Waals surface area contributed by atoms with Gasteiger partial charge in [0.25, 0.3) is 5.91 Å². The van der Waals surface area contributed by atoms with E-state index in [-0.39, 0.29) is 17.2 Å². The third-order valence-electron chi connectivity index (χ3n) is 2.66. The summed E-state index contributed by atoms with van der Waals surface area (Å²) < 4.78 is 5.44. The van der Waals surface area contributed by atoms with Crippen molar-refractivity contribution in [2.24, 2.45) is 0 Å². The Morgan fingerprint density at radius 3 is 2.70 bits per heavy atom. The molecule has 0 unspecified atom stereocenters. The molecule has 0 aromatic heterocycles. The van der Waals surface area contributed by atoms with Crippen molar-refractivity contribution in [2.75, 3.05) is 18.9 Å². The molecule has 2 rings (SSSR count). The van der Waals surface area contributed by atoms with Gasteiger partial charge in [0.15, 0.2) is 0 Å². The summed E-state index contributed by atoms with van der Waals surface area (Å²) in [5.41, 5.74) is 6.16. The summed E-state index contributed by atoms with van der Waals surface area (Å²) >= 11 is 0. The van der Waals surface area contributed by atoms with Crippen LogP contribution in [0.15, 0.2) is 48.5 Å². The van der Waals surface area contributed by atoms with Crippen molar-refractivity contribution >= 4 is 11.6 Å². The largest absolute Gasteiger partial charge is 0.507 e. The van der Waals surface area contributed by atoms with Crippen molar-refractivity contribution in [3.63, 3.8) is 0 Å². The molecule has 0 radical (unpaired) electrons. The number of amides is 1.